The molecule has 2 aromatic rings. The van der Waals surface area contributed by atoms with E-state index in [0.717, 1.165) is 12.0 Å². The molecule has 2 aliphatic carbocycles. The molecule has 5 nitrogen and oxygen atoms in total. The van der Waals surface area contributed by atoms with Gasteiger partial charge in [-0.25, -0.2) is 4.79 Å². The van der Waals surface area contributed by atoms with Gasteiger partial charge >= 0.3 is 5.97 Å². The van der Waals surface area contributed by atoms with E-state index in [2.05, 4.69) is 25.9 Å². The number of carbonyl (C=O) groups excluding carboxylic acids is 1. The van der Waals surface area contributed by atoms with Crippen LogP contribution in [0.15, 0.2) is 17.3 Å². The van der Waals surface area contributed by atoms with E-state index < -0.39 is 5.97 Å². The highest BCUT2D eigenvalue weighted by molar-refractivity contribution is 7.14. The number of rotatable bonds is 3. The fourth-order valence-electron chi connectivity index (χ4n) is 4.59. The first-order chi connectivity index (χ1) is 12.6. The van der Waals surface area contributed by atoms with Gasteiger partial charge in [0.15, 0.2) is 5.84 Å². The average molecular weight is 385 g/mol. The van der Waals surface area contributed by atoms with Crippen LogP contribution in [-0.4, -0.2) is 16.9 Å². The Morgan fingerprint density at radius 2 is 1.93 bits per heavy atom. The van der Waals surface area contributed by atoms with Crippen LogP contribution in [0.5, 0.6) is 5.75 Å². The van der Waals surface area contributed by atoms with Gasteiger partial charge in [0.25, 0.3) is 0 Å². The smallest absolute Gasteiger partial charge is 0.375 e. The number of carbonyl (C=O) groups is 1. The third kappa shape index (κ3) is 2.65. The number of nitrogens with zero attached hydrogens (tertiary/aromatic N) is 1. The Hall–Kier alpha value is -2.34. The molecule has 0 saturated heterocycles. The van der Waals surface area contributed by atoms with Crippen LogP contribution in [0.4, 0.5) is 0 Å². The number of thiophene rings is 1. The number of nitrogens with two attached hydrogens (primary N) is 1. The molecular formula is C21H24N2O3S. The second-order valence-corrected chi connectivity index (χ2v) is 9.53. The van der Waals surface area contributed by atoms with Crippen molar-refractivity contribution in [1.82, 2.24) is 0 Å². The number of aryl methyl sites for hydroxylation is 3. The summed E-state index contributed by atoms with van der Waals surface area (Å²) < 4.78 is 0. The Kier molecular flexibility index (Phi) is 3.89. The highest BCUT2D eigenvalue weighted by Crippen LogP contribution is 2.71. The van der Waals surface area contributed by atoms with E-state index in [1.165, 1.54) is 21.8 Å². The lowest BCUT2D eigenvalue weighted by Gasteiger charge is -2.09. The molecule has 0 amide bonds. The first kappa shape index (κ1) is 18.0. The fraction of sp³-hybridized carbons (Fsp3) is 0.429. The fourth-order valence-corrected chi connectivity index (χ4v) is 5.69. The molecule has 2 atom stereocenters. The van der Waals surface area contributed by atoms with Crippen LogP contribution in [0.3, 0.4) is 0 Å². The summed E-state index contributed by atoms with van der Waals surface area (Å²) in [5.74, 6) is 1.11. The van der Waals surface area contributed by atoms with Crippen molar-refractivity contribution >= 4 is 23.1 Å². The molecular weight excluding hydrogens is 360 g/mol. The molecule has 27 heavy (non-hydrogen) atoms. The minimum atomic E-state index is -0.446. The summed E-state index contributed by atoms with van der Waals surface area (Å²) in [5.41, 5.74) is 10.8. The Balaban J connectivity index is 1.55. The summed E-state index contributed by atoms with van der Waals surface area (Å²) in [6, 6.07) is 3.44. The number of fused-ring (bicyclic) bond motifs is 3. The molecule has 4 rings (SSSR count). The van der Waals surface area contributed by atoms with Gasteiger partial charge in [-0.05, 0) is 78.8 Å². The zero-order valence-electron chi connectivity index (χ0n) is 16.2. The van der Waals surface area contributed by atoms with Gasteiger partial charge in [0, 0.05) is 10.4 Å². The lowest BCUT2D eigenvalue weighted by Crippen LogP contribution is -2.16. The molecule has 1 aromatic heterocycles. The van der Waals surface area contributed by atoms with Crippen molar-refractivity contribution in [3.05, 3.63) is 49.7 Å². The largest absolute Gasteiger partial charge is 0.507 e. The summed E-state index contributed by atoms with van der Waals surface area (Å²) in [6.07, 6.45) is 0.942. The summed E-state index contributed by atoms with van der Waals surface area (Å²) >= 11 is 1.49. The van der Waals surface area contributed by atoms with E-state index in [1.54, 1.807) is 26.0 Å². The number of hydrogen-bond acceptors (Lipinski definition) is 5. The predicted molar refractivity (Wildman–Crippen MR) is 106 cm³/mol. The number of benzene rings is 1. The van der Waals surface area contributed by atoms with Gasteiger partial charge in [0.1, 0.15) is 10.6 Å². The molecule has 0 spiro atoms. The van der Waals surface area contributed by atoms with E-state index in [-0.39, 0.29) is 11.6 Å². The Morgan fingerprint density at radius 1 is 1.30 bits per heavy atom. The molecule has 0 unspecified atom stereocenters. The van der Waals surface area contributed by atoms with Crippen LogP contribution in [0, 0.1) is 32.1 Å². The van der Waals surface area contributed by atoms with E-state index in [4.69, 9.17) is 10.6 Å². The molecule has 2 aliphatic rings. The van der Waals surface area contributed by atoms with Crippen molar-refractivity contribution in [2.45, 2.75) is 47.0 Å². The second-order valence-electron chi connectivity index (χ2n) is 8.30. The Morgan fingerprint density at radius 3 is 2.56 bits per heavy atom. The van der Waals surface area contributed by atoms with Crippen LogP contribution in [0.2, 0.25) is 0 Å². The monoisotopic (exact) mass is 384 g/mol. The van der Waals surface area contributed by atoms with Crippen LogP contribution in [0.1, 0.15) is 62.1 Å². The number of hydrogen-bond donors (Lipinski definition) is 2. The molecule has 142 valence electrons. The van der Waals surface area contributed by atoms with Crippen LogP contribution in [-0.2, 0) is 11.3 Å². The summed E-state index contributed by atoms with van der Waals surface area (Å²) in [6.45, 7) is 10.3. The summed E-state index contributed by atoms with van der Waals surface area (Å²) in [7, 11) is 0. The first-order valence-corrected chi connectivity index (χ1v) is 9.92. The van der Waals surface area contributed by atoms with Gasteiger partial charge in [-0.1, -0.05) is 19.0 Å². The van der Waals surface area contributed by atoms with Gasteiger partial charge in [-0.3, -0.25) is 0 Å². The zero-order chi connectivity index (χ0) is 19.7. The normalized spacial score (nSPS) is 22.3. The van der Waals surface area contributed by atoms with Crippen molar-refractivity contribution in [1.29, 1.82) is 0 Å². The number of oxime groups is 1. The van der Waals surface area contributed by atoms with Gasteiger partial charge in [0.2, 0.25) is 0 Å². The molecule has 3 N–H and O–H groups in total. The molecule has 1 fully saturated rings. The van der Waals surface area contributed by atoms with Crippen molar-refractivity contribution in [2.24, 2.45) is 22.2 Å². The highest BCUT2D eigenvalue weighted by Gasteiger charge is 2.63. The average Bonchev–Trinajstić information content (AvgIpc) is 2.95. The SMILES string of the molecule is Cc1cc(/C(N)=N/OC(=O)c2sc(C)c3c2C[C@@H]2[C@H]3C2(C)C)cc(C)c1O. The van der Waals surface area contributed by atoms with E-state index in [0.29, 0.717) is 38.8 Å². The van der Waals surface area contributed by atoms with Crippen LogP contribution >= 0.6 is 11.3 Å². The summed E-state index contributed by atoms with van der Waals surface area (Å²) in [4.78, 5) is 19.6. The predicted octanol–water partition coefficient (Wildman–Crippen LogP) is 4.15. The maximum absolute atomic E-state index is 12.6. The minimum absolute atomic E-state index is 0.114. The minimum Gasteiger partial charge on any atom is -0.507 e. The third-order valence-corrected chi connectivity index (χ3v) is 7.36. The van der Waals surface area contributed by atoms with Crippen molar-refractivity contribution in [2.75, 3.05) is 0 Å². The standard InChI is InChI=1S/C21H24N2O3S/c1-9-6-12(7-10(2)17(9)24)19(22)23-26-20(25)18-13-8-14-16(21(14,4)5)15(13)11(3)27-18/h6-7,14,16,24H,8H2,1-5H3,(H2,22,23)/t14-,16-/m1/s1. The molecule has 1 aromatic carbocycles. The highest BCUT2D eigenvalue weighted by atomic mass is 32.1. The van der Waals surface area contributed by atoms with E-state index in [9.17, 15) is 9.90 Å². The number of amidine groups is 1. The third-order valence-electron chi connectivity index (χ3n) is 6.22. The second kappa shape index (κ2) is 5.83. The molecule has 1 heterocycles. The number of aromatic hydroxyl groups is 1. The van der Waals surface area contributed by atoms with Gasteiger partial charge in [0.05, 0.1) is 0 Å². The van der Waals surface area contributed by atoms with Crippen molar-refractivity contribution in [3.8, 4) is 5.75 Å². The van der Waals surface area contributed by atoms with E-state index in [1.807, 2.05) is 0 Å². The zero-order valence-corrected chi connectivity index (χ0v) is 17.0. The van der Waals surface area contributed by atoms with Gasteiger partial charge in [-0.15, -0.1) is 11.3 Å². The van der Waals surface area contributed by atoms with Gasteiger partial charge in [-0.2, -0.15) is 0 Å². The maximum atomic E-state index is 12.6. The van der Waals surface area contributed by atoms with Crippen molar-refractivity contribution < 1.29 is 14.7 Å². The van der Waals surface area contributed by atoms with Crippen molar-refractivity contribution in [3.63, 3.8) is 0 Å². The van der Waals surface area contributed by atoms with Crippen LogP contribution < -0.4 is 5.73 Å². The number of phenolic OH excluding ortho intramolecular Hbond substituents is 1. The molecule has 0 bridgehead atoms. The lowest BCUT2D eigenvalue weighted by molar-refractivity contribution is 0.0520. The molecule has 0 radical (unpaired) electrons. The lowest BCUT2D eigenvalue weighted by atomic mass is 9.95. The maximum Gasteiger partial charge on any atom is 0.375 e. The summed E-state index contributed by atoms with van der Waals surface area (Å²) in [5, 5.41) is 13.7. The molecule has 1 saturated carbocycles. The quantitative estimate of drug-likeness (QED) is 0.360. The Labute approximate surface area is 162 Å². The molecule has 6 heteroatoms. The molecule has 0 aliphatic heterocycles. The van der Waals surface area contributed by atoms with Gasteiger partial charge < -0.3 is 15.7 Å². The Bertz CT molecular complexity index is 980. The number of phenols is 1. The topological polar surface area (TPSA) is 84.9 Å². The first-order valence-electron chi connectivity index (χ1n) is 9.10. The van der Waals surface area contributed by atoms with E-state index >= 15 is 0 Å². The van der Waals surface area contributed by atoms with Crippen LogP contribution in [0.25, 0.3) is 0 Å².